The zero-order valence-corrected chi connectivity index (χ0v) is 7.84. The molecule has 0 radical (unpaired) electrons. The molecular formula is C9H19NO. The maximum absolute atomic E-state index is 10.3. The summed E-state index contributed by atoms with van der Waals surface area (Å²) in [6, 6.07) is 0.0758. The average molecular weight is 157 g/mol. The van der Waals surface area contributed by atoms with Crippen molar-refractivity contribution in [3.63, 3.8) is 0 Å². The molecule has 0 aliphatic rings. The fraction of sp³-hybridized carbons (Fsp3) is 0.889. The third-order valence-electron chi connectivity index (χ3n) is 2.01. The van der Waals surface area contributed by atoms with Gasteiger partial charge in [-0.2, -0.15) is 0 Å². The van der Waals surface area contributed by atoms with Crippen molar-refractivity contribution in [3.05, 3.63) is 0 Å². The lowest BCUT2D eigenvalue weighted by Crippen LogP contribution is -2.30. The van der Waals surface area contributed by atoms with Gasteiger partial charge in [0.2, 0.25) is 0 Å². The van der Waals surface area contributed by atoms with Crippen LogP contribution in [0.1, 0.15) is 33.1 Å². The lowest BCUT2D eigenvalue weighted by molar-refractivity contribution is -0.111. The van der Waals surface area contributed by atoms with Gasteiger partial charge in [-0.3, -0.25) is 4.90 Å². The van der Waals surface area contributed by atoms with Gasteiger partial charge in [0.15, 0.2) is 0 Å². The fourth-order valence-electron chi connectivity index (χ4n) is 0.919. The minimum atomic E-state index is 0.0758. The number of aldehydes is 1. The molecule has 0 fully saturated rings. The van der Waals surface area contributed by atoms with Gasteiger partial charge in [0.1, 0.15) is 6.29 Å². The van der Waals surface area contributed by atoms with Crippen LogP contribution >= 0.6 is 0 Å². The van der Waals surface area contributed by atoms with Gasteiger partial charge in [0, 0.05) is 0 Å². The zero-order chi connectivity index (χ0) is 8.69. The number of hydrogen-bond acceptors (Lipinski definition) is 2. The molecule has 1 atom stereocenters. The second kappa shape index (κ2) is 6.35. The molecule has 0 rings (SSSR count). The summed E-state index contributed by atoms with van der Waals surface area (Å²) in [6.45, 7) is 5.15. The van der Waals surface area contributed by atoms with E-state index in [0.717, 1.165) is 12.8 Å². The first-order chi connectivity index (χ1) is 5.22. The minimum absolute atomic E-state index is 0.0758. The summed E-state index contributed by atoms with van der Waals surface area (Å²) in [6.07, 6.45) is 4.69. The first kappa shape index (κ1) is 10.6. The van der Waals surface area contributed by atoms with Crippen LogP contribution in [0.2, 0.25) is 0 Å². The Bertz CT molecular complexity index is 104. The van der Waals surface area contributed by atoms with Crippen LogP contribution in [-0.4, -0.2) is 30.8 Å². The van der Waals surface area contributed by atoms with E-state index in [-0.39, 0.29) is 6.04 Å². The average Bonchev–Trinajstić information content (AvgIpc) is 2.03. The summed E-state index contributed by atoms with van der Waals surface area (Å²) in [5.41, 5.74) is 0. The SMILES string of the molecule is CCCCCN(C)[C@@H](C)C=O. The van der Waals surface area contributed by atoms with E-state index in [1.807, 2.05) is 14.0 Å². The van der Waals surface area contributed by atoms with Crippen LogP contribution in [0, 0.1) is 0 Å². The van der Waals surface area contributed by atoms with Gasteiger partial charge in [-0.05, 0) is 26.9 Å². The molecule has 0 aromatic rings. The van der Waals surface area contributed by atoms with Crippen LogP contribution in [-0.2, 0) is 4.79 Å². The predicted molar refractivity (Wildman–Crippen MR) is 47.7 cm³/mol. The number of carbonyl (C=O) groups excluding carboxylic acids is 1. The van der Waals surface area contributed by atoms with Gasteiger partial charge < -0.3 is 4.79 Å². The molecule has 2 nitrogen and oxygen atoms in total. The van der Waals surface area contributed by atoms with Crippen molar-refractivity contribution >= 4 is 6.29 Å². The largest absolute Gasteiger partial charge is 0.302 e. The Balaban J connectivity index is 3.35. The molecule has 0 aliphatic heterocycles. The standard InChI is InChI=1S/C9H19NO/c1-4-5-6-7-10(3)9(2)8-11/h8-9H,4-7H2,1-3H3/t9-/m0/s1. The number of nitrogens with zero attached hydrogens (tertiary/aromatic N) is 1. The van der Waals surface area contributed by atoms with E-state index in [1.54, 1.807) is 0 Å². The van der Waals surface area contributed by atoms with E-state index < -0.39 is 0 Å². The quantitative estimate of drug-likeness (QED) is 0.432. The van der Waals surface area contributed by atoms with Crippen molar-refractivity contribution in [1.29, 1.82) is 0 Å². The first-order valence-electron chi connectivity index (χ1n) is 4.38. The number of rotatable bonds is 6. The van der Waals surface area contributed by atoms with E-state index in [4.69, 9.17) is 0 Å². The summed E-state index contributed by atoms with van der Waals surface area (Å²) in [4.78, 5) is 12.4. The van der Waals surface area contributed by atoms with E-state index in [9.17, 15) is 4.79 Å². The van der Waals surface area contributed by atoms with Crippen molar-refractivity contribution in [2.75, 3.05) is 13.6 Å². The van der Waals surface area contributed by atoms with Crippen LogP contribution < -0.4 is 0 Å². The van der Waals surface area contributed by atoms with Crippen LogP contribution in [0.3, 0.4) is 0 Å². The van der Waals surface area contributed by atoms with Crippen molar-refractivity contribution in [2.45, 2.75) is 39.2 Å². The summed E-state index contributed by atoms with van der Waals surface area (Å²) in [7, 11) is 1.99. The summed E-state index contributed by atoms with van der Waals surface area (Å²) < 4.78 is 0. The molecule has 0 heterocycles. The maximum atomic E-state index is 10.3. The fourth-order valence-corrected chi connectivity index (χ4v) is 0.919. The highest BCUT2D eigenvalue weighted by molar-refractivity contribution is 5.56. The number of carbonyl (C=O) groups is 1. The normalized spacial score (nSPS) is 13.5. The Morgan fingerprint density at radius 1 is 1.45 bits per heavy atom. The van der Waals surface area contributed by atoms with Gasteiger partial charge in [0.05, 0.1) is 6.04 Å². The molecule has 0 bridgehead atoms. The van der Waals surface area contributed by atoms with E-state index >= 15 is 0 Å². The second-order valence-electron chi connectivity index (χ2n) is 3.06. The molecule has 0 saturated carbocycles. The van der Waals surface area contributed by atoms with Crippen LogP contribution in [0.5, 0.6) is 0 Å². The Morgan fingerprint density at radius 2 is 2.09 bits per heavy atom. The Labute approximate surface area is 69.6 Å². The van der Waals surface area contributed by atoms with Crippen LogP contribution in [0.4, 0.5) is 0 Å². The molecule has 0 amide bonds. The van der Waals surface area contributed by atoms with Gasteiger partial charge in [0.25, 0.3) is 0 Å². The minimum Gasteiger partial charge on any atom is -0.302 e. The maximum Gasteiger partial charge on any atom is 0.136 e. The van der Waals surface area contributed by atoms with Gasteiger partial charge >= 0.3 is 0 Å². The molecule has 11 heavy (non-hydrogen) atoms. The smallest absolute Gasteiger partial charge is 0.136 e. The molecule has 0 spiro atoms. The number of unbranched alkanes of at least 4 members (excludes halogenated alkanes) is 2. The monoisotopic (exact) mass is 157 g/mol. The number of likely N-dealkylation sites (N-methyl/N-ethyl adjacent to an activating group) is 1. The van der Waals surface area contributed by atoms with Crippen molar-refractivity contribution < 1.29 is 4.79 Å². The molecule has 0 saturated heterocycles. The predicted octanol–water partition coefficient (Wildman–Crippen LogP) is 1.70. The highest BCUT2D eigenvalue weighted by atomic mass is 16.1. The molecule has 0 N–H and O–H groups in total. The van der Waals surface area contributed by atoms with E-state index in [0.29, 0.717) is 0 Å². The third-order valence-corrected chi connectivity index (χ3v) is 2.01. The van der Waals surface area contributed by atoms with Crippen molar-refractivity contribution in [3.8, 4) is 0 Å². The highest BCUT2D eigenvalue weighted by Crippen LogP contribution is 1.98. The second-order valence-corrected chi connectivity index (χ2v) is 3.06. The molecule has 2 heteroatoms. The number of hydrogen-bond donors (Lipinski definition) is 0. The van der Waals surface area contributed by atoms with Gasteiger partial charge in [-0.1, -0.05) is 19.8 Å². The van der Waals surface area contributed by atoms with Crippen molar-refractivity contribution in [2.24, 2.45) is 0 Å². The van der Waals surface area contributed by atoms with Crippen molar-refractivity contribution in [1.82, 2.24) is 4.90 Å². The Kier molecular flexibility index (Phi) is 6.13. The first-order valence-corrected chi connectivity index (χ1v) is 4.38. The van der Waals surface area contributed by atoms with Gasteiger partial charge in [-0.15, -0.1) is 0 Å². The molecule has 0 unspecified atom stereocenters. The third kappa shape index (κ3) is 4.96. The lowest BCUT2D eigenvalue weighted by atomic mass is 10.2. The molecular weight excluding hydrogens is 138 g/mol. The van der Waals surface area contributed by atoms with Crippen LogP contribution in [0.25, 0.3) is 0 Å². The zero-order valence-electron chi connectivity index (χ0n) is 7.84. The summed E-state index contributed by atoms with van der Waals surface area (Å²) >= 11 is 0. The highest BCUT2D eigenvalue weighted by Gasteiger charge is 2.05. The summed E-state index contributed by atoms with van der Waals surface area (Å²) in [5, 5.41) is 0. The van der Waals surface area contributed by atoms with Crippen LogP contribution in [0.15, 0.2) is 0 Å². The van der Waals surface area contributed by atoms with E-state index in [1.165, 1.54) is 19.3 Å². The summed E-state index contributed by atoms with van der Waals surface area (Å²) in [5.74, 6) is 0. The Morgan fingerprint density at radius 3 is 2.55 bits per heavy atom. The lowest BCUT2D eigenvalue weighted by Gasteiger charge is -2.19. The van der Waals surface area contributed by atoms with E-state index in [2.05, 4.69) is 11.8 Å². The Hall–Kier alpha value is -0.370. The topological polar surface area (TPSA) is 20.3 Å². The molecule has 0 aromatic heterocycles. The molecule has 0 aliphatic carbocycles. The molecule has 66 valence electrons. The molecule has 0 aromatic carbocycles. The van der Waals surface area contributed by atoms with Gasteiger partial charge in [-0.25, -0.2) is 0 Å².